The third-order valence-electron chi connectivity index (χ3n) is 3.17. The lowest BCUT2D eigenvalue weighted by molar-refractivity contribution is 0.651. The monoisotopic (exact) mass is 251 g/mol. The lowest BCUT2D eigenvalue weighted by Gasteiger charge is -2.24. The molecule has 0 heterocycles. The van der Waals surface area contributed by atoms with Crippen molar-refractivity contribution >= 4 is 18.3 Å². The molecule has 0 aliphatic carbocycles. The molecule has 2 heteroatoms. The number of hydrogen-bond acceptors (Lipinski definition) is 2. The van der Waals surface area contributed by atoms with E-state index in [4.69, 9.17) is 0 Å². The Morgan fingerprint density at radius 2 is 1.76 bits per heavy atom. The third kappa shape index (κ3) is 5.03. The Hall–Kier alpha value is -0.630. The normalized spacial score (nSPS) is 10.5. The molecule has 96 valence electrons. The SMILES string of the molecule is CCN(CCCCCCS)c1ccccc1C. The molecule has 1 nitrogen and oxygen atoms in total. The predicted octanol–water partition coefficient (Wildman–Crippen LogP) is 4.31. The molecule has 0 aliphatic heterocycles. The van der Waals surface area contributed by atoms with Crippen LogP contribution in [0.1, 0.15) is 38.2 Å². The van der Waals surface area contributed by atoms with E-state index >= 15 is 0 Å². The summed E-state index contributed by atoms with van der Waals surface area (Å²) in [7, 11) is 0. The van der Waals surface area contributed by atoms with Crippen LogP contribution in [0, 0.1) is 6.92 Å². The summed E-state index contributed by atoms with van der Waals surface area (Å²) in [6.45, 7) is 6.70. The number of anilines is 1. The van der Waals surface area contributed by atoms with Gasteiger partial charge in [0.2, 0.25) is 0 Å². The number of rotatable bonds is 8. The van der Waals surface area contributed by atoms with Gasteiger partial charge in [-0.1, -0.05) is 31.0 Å². The molecule has 0 saturated carbocycles. The molecule has 17 heavy (non-hydrogen) atoms. The summed E-state index contributed by atoms with van der Waals surface area (Å²) in [4.78, 5) is 2.48. The van der Waals surface area contributed by atoms with E-state index < -0.39 is 0 Å². The topological polar surface area (TPSA) is 3.24 Å². The summed E-state index contributed by atoms with van der Waals surface area (Å²) < 4.78 is 0. The Morgan fingerprint density at radius 1 is 1.06 bits per heavy atom. The van der Waals surface area contributed by atoms with Crippen LogP contribution in [0.15, 0.2) is 24.3 Å². The molecule has 0 bridgehead atoms. The van der Waals surface area contributed by atoms with E-state index in [2.05, 4.69) is 55.6 Å². The largest absolute Gasteiger partial charge is 0.372 e. The van der Waals surface area contributed by atoms with Gasteiger partial charge in [0.1, 0.15) is 0 Å². The smallest absolute Gasteiger partial charge is 0.0395 e. The quantitative estimate of drug-likeness (QED) is 0.532. The van der Waals surface area contributed by atoms with Gasteiger partial charge in [0.05, 0.1) is 0 Å². The van der Waals surface area contributed by atoms with Crippen molar-refractivity contribution in [2.24, 2.45) is 0 Å². The van der Waals surface area contributed by atoms with Gasteiger partial charge < -0.3 is 4.90 Å². The maximum absolute atomic E-state index is 4.24. The molecule has 0 aromatic heterocycles. The van der Waals surface area contributed by atoms with Crippen LogP contribution in [-0.2, 0) is 0 Å². The molecule has 0 aliphatic rings. The van der Waals surface area contributed by atoms with Crippen molar-refractivity contribution in [1.82, 2.24) is 0 Å². The Kier molecular flexibility index (Phi) is 7.18. The summed E-state index contributed by atoms with van der Waals surface area (Å²) in [6, 6.07) is 8.66. The second kappa shape index (κ2) is 8.46. The lowest BCUT2D eigenvalue weighted by atomic mass is 10.1. The highest BCUT2D eigenvalue weighted by atomic mass is 32.1. The number of hydrogen-bond donors (Lipinski definition) is 1. The number of nitrogens with zero attached hydrogens (tertiary/aromatic N) is 1. The minimum atomic E-state index is 1.02. The number of aryl methyl sites for hydroxylation is 1. The van der Waals surface area contributed by atoms with Gasteiger partial charge in [-0.3, -0.25) is 0 Å². The highest BCUT2D eigenvalue weighted by Crippen LogP contribution is 2.19. The van der Waals surface area contributed by atoms with Gasteiger partial charge in [0, 0.05) is 18.8 Å². The summed E-state index contributed by atoms with van der Waals surface area (Å²) >= 11 is 4.24. The van der Waals surface area contributed by atoms with E-state index in [-0.39, 0.29) is 0 Å². The molecule has 1 rings (SSSR count). The minimum Gasteiger partial charge on any atom is -0.372 e. The van der Waals surface area contributed by atoms with Gasteiger partial charge >= 0.3 is 0 Å². The molecule has 0 fully saturated rings. The van der Waals surface area contributed by atoms with E-state index in [9.17, 15) is 0 Å². The van der Waals surface area contributed by atoms with Crippen molar-refractivity contribution < 1.29 is 0 Å². The highest BCUT2D eigenvalue weighted by Gasteiger charge is 2.05. The lowest BCUT2D eigenvalue weighted by Crippen LogP contribution is -2.24. The van der Waals surface area contributed by atoms with Crippen LogP contribution in [0.25, 0.3) is 0 Å². The molecule has 1 aromatic carbocycles. The molecule has 0 saturated heterocycles. The zero-order chi connectivity index (χ0) is 12.5. The summed E-state index contributed by atoms with van der Waals surface area (Å²) in [5.74, 6) is 1.02. The molecule has 0 spiro atoms. The van der Waals surface area contributed by atoms with Crippen molar-refractivity contribution in [2.75, 3.05) is 23.7 Å². The third-order valence-corrected chi connectivity index (χ3v) is 3.49. The fourth-order valence-electron chi connectivity index (χ4n) is 2.14. The van der Waals surface area contributed by atoms with E-state index in [1.54, 1.807) is 0 Å². The Labute approximate surface area is 112 Å². The average Bonchev–Trinajstić information content (AvgIpc) is 2.35. The summed E-state index contributed by atoms with van der Waals surface area (Å²) in [6.07, 6.45) is 5.17. The van der Waals surface area contributed by atoms with Gasteiger partial charge in [0.15, 0.2) is 0 Å². The van der Waals surface area contributed by atoms with Crippen molar-refractivity contribution in [3.63, 3.8) is 0 Å². The first-order valence-electron chi connectivity index (χ1n) is 6.71. The molecule has 1 aromatic rings. The van der Waals surface area contributed by atoms with Crippen LogP contribution in [0.2, 0.25) is 0 Å². The van der Waals surface area contributed by atoms with Gasteiger partial charge in [-0.25, -0.2) is 0 Å². The van der Waals surface area contributed by atoms with Crippen LogP contribution in [0.5, 0.6) is 0 Å². The van der Waals surface area contributed by atoms with Crippen LogP contribution in [0.4, 0.5) is 5.69 Å². The van der Waals surface area contributed by atoms with Gasteiger partial charge in [0.25, 0.3) is 0 Å². The molecule has 0 amide bonds. The molecule has 0 atom stereocenters. The first kappa shape index (κ1) is 14.4. The number of benzene rings is 1. The van der Waals surface area contributed by atoms with E-state index in [1.807, 2.05) is 0 Å². The summed E-state index contributed by atoms with van der Waals surface area (Å²) in [5, 5.41) is 0. The van der Waals surface area contributed by atoms with Crippen LogP contribution >= 0.6 is 12.6 Å². The molecular weight excluding hydrogens is 226 g/mol. The Bertz CT molecular complexity index is 312. The Balaban J connectivity index is 2.41. The Morgan fingerprint density at radius 3 is 2.41 bits per heavy atom. The second-order valence-corrected chi connectivity index (χ2v) is 4.95. The second-order valence-electron chi connectivity index (χ2n) is 4.50. The zero-order valence-electron chi connectivity index (χ0n) is 11.2. The fraction of sp³-hybridized carbons (Fsp3) is 0.600. The van der Waals surface area contributed by atoms with E-state index in [1.165, 1.54) is 43.5 Å². The van der Waals surface area contributed by atoms with Crippen LogP contribution in [-0.4, -0.2) is 18.8 Å². The predicted molar refractivity (Wildman–Crippen MR) is 81.4 cm³/mol. The van der Waals surface area contributed by atoms with E-state index in [0.717, 1.165) is 12.3 Å². The first-order chi connectivity index (χ1) is 8.29. The van der Waals surface area contributed by atoms with Crippen molar-refractivity contribution in [3.05, 3.63) is 29.8 Å². The summed E-state index contributed by atoms with van der Waals surface area (Å²) in [5.41, 5.74) is 2.77. The number of thiol groups is 1. The number of unbranched alkanes of at least 4 members (excludes halogenated alkanes) is 3. The highest BCUT2D eigenvalue weighted by molar-refractivity contribution is 7.80. The van der Waals surface area contributed by atoms with Crippen molar-refractivity contribution in [2.45, 2.75) is 39.5 Å². The van der Waals surface area contributed by atoms with Crippen LogP contribution < -0.4 is 4.90 Å². The first-order valence-corrected chi connectivity index (χ1v) is 7.34. The van der Waals surface area contributed by atoms with Gasteiger partial charge in [-0.05, 0) is 44.1 Å². The standard InChI is InChI=1S/C15H25NS/c1-3-16(12-8-4-5-9-13-17)15-11-7-6-10-14(15)2/h6-7,10-11,17H,3-5,8-9,12-13H2,1-2H3. The molecule has 0 radical (unpaired) electrons. The maximum atomic E-state index is 4.24. The van der Waals surface area contributed by atoms with Gasteiger partial charge in [-0.2, -0.15) is 12.6 Å². The fourth-order valence-corrected chi connectivity index (χ4v) is 2.36. The molecule has 0 unspecified atom stereocenters. The molecule has 0 N–H and O–H groups in total. The average molecular weight is 251 g/mol. The minimum absolute atomic E-state index is 1.02. The maximum Gasteiger partial charge on any atom is 0.0395 e. The van der Waals surface area contributed by atoms with Crippen LogP contribution in [0.3, 0.4) is 0 Å². The van der Waals surface area contributed by atoms with Crippen molar-refractivity contribution in [1.29, 1.82) is 0 Å². The molecular formula is C15H25NS. The van der Waals surface area contributed by atoms with E-state index in [0.29, 0.717) is 0 Å². The number of para-hydroxylation sites is 1. The zero-order valence-corrected chi connectivity index (χ0v) is 12.0. The van der Waals surface area contributed by atoms with Gasteiger partial charge in [-0.15, -0.1) is 0 Å². The van der Waals surface area contributed by atoms with Crippen molar-refractivity contribution in [3.8, 4) is 0 Å².